The third-order valence-corrected chi connectivity index (χ3v) is 4.14. The van der Waals surface area contributed by atoms with Gasteiger partial charge in [0.25, 0.3) is 5.91 Å². The first-order valence-electron chi connectivity index (χ1n) is 8.10. The van der Waals surface area contributed by atoms with E-state index in [9.17, 15) is 4.79 Å². The molecule has 0 spiro atoms. The van der Waals surface area contributed by atoms with Crippen LogP contribution in [-0.4, -0.2) is 38.1 Å². The highest BCUT2D eigenvalue weighted by Crippen LogP contribution is 2.25. The first-order valence-corrected chi connectivity index (χ1v) is 8.10. The van der Waals surface area contributed by atoms with Gasteiger partial charge in [-0.1, -0.05) is 18.2 Å². The normalized spacial score (nSPS) is 10.7. The molecular formula is C20H21NO4. The van der Waals surface area contributed by atoms with Gasteiger partial charge < -0.3 is 18.8 Å². The molecule has 1 aromatic heterocycles. The van der Waals surface area contributed by atoms with Crippen LogP contribution < -0.4 is 9.47 Å². The first kappa shape index (κ1) is 16.9. The number of nitrogens with zero attached hydrogens (tertiary/aromatic N) is 1. The quantitative estimate of drug-likeness (QED) is 0.683. The number of fused-ring (bicyclic) bond motifs is 1. The Kier molecular flexibility index (Phi) is 4.93. The summed E-state index contributed by atoms with van der Waals surface area (Å²) in [5.74, 6) is 1.75. The van der Waals surface area contributed by atoms with Gasteiger partial charge in [-0.05, 0) is 37.3 Å². The summed E-state index contributed by atoms with van der Waals surface area (Å²) in [4.78, 5) is 14.2. The molecule has 3 aromatic rings. The van der Waals surface area contributed by atoms with E-state index in [1.165, 1.54) is 0 Å². The number of furan rings is 1. The number of hydrogen-bond donors (Lipinski definition) is 0. The third kappa shape index (κ3) is 3.60. The van der Waals surface area contributed by atoms with E-state index < -0.39 is 0 Å². The van der Waals surface area contributed by atoms with Gasteiger partial charge in [-0.15, -0.1) is 0 Å². The number of rotatable bonds is 6. The average Bonchev–Trinajstić information content (AvgIpc) is 2.98. The van der Waals surface area contributed by atoms with E-state index in [1.807, 2.05) is 55.5 Å². The SMILES string of the molecule is COc1ccc(OCCN(C)C(=O)c2oc3ccccc3c2C)cc1. The van der Waals surface area contributed by atoms with E-state index >= 15 is 0 Å². The number of hydrogen-bond acceptors (Lipinski definition) is 4. The lowest BCUT2D eigenvalue weighted by Crippen LogP contribution is -2.31. The highest BCUT2D eigenvalue weighted by atomic mass is 16.5. The Labute approximate surface area is 146 Å². The molecule has 3 rings (SSSR count). The van der Waals surface area contributed by atoms with Gasteiger partial charge in [-0.3, -0.25) is 4.79 Å². The van der Waals surface area contributed by atoms with Crippen molar-refractivity contribution >= 4 is 16.9 Å². The van der Waals surface area contributed by atoms with Gasteiger partial charge in [0.2, 0.25) is 0 Å². The zero-order valence-electron chi connectivity index (χ0n) is 14.6. The predicted molar refractivity (Wildman–Crippen MR) is 96.4 cm³/mol. The molecule has 0 unspecified atom stereocenters. The van der Waals surface area contributed by atoms with Crippen molar-refractivity contribution in [2.45, 2.75) is 6.92 Å². The Balaban J connectivity index is 1.61. The Morgan fingerprint density at radius 3 is 2.44 bits per heavy atom. The number of carbonyl (C=O) groups is 1. The number of amides is 1. The van der Waals surface area contributed by atoms with Crippen LogP contribution in [0.15, 0.2) is 52.9 Å². The Bertz CT molecular complexity index is 867. The van der Waals surface area contributed by atoms with Crippen molar-refractivity contribution in [3.8, 4) is 11.5 Å². The zero-order valence-corrected chi connectivity index (χ0v) is 14.6. The largest absolute Gasteiger partial charge is 0.497 e. The van der Waals surface area contributed by atoms with Crippen molar-refractivity contribution in [3.05, 3.63) is 59.9 Å². The molecule has 0 atom stereocenters. The van der Waals surface area contributed by atoms with E-state index in [1.54, 1.807) is 19.1 Å². The highest BCUT2D eigenvalue weighted by molar-refractivity contribution is 5.98. The summed E-state index contributed by atoms with van der Waals surface area (Å²) in [5.41, 5.74) is 1.59. The van der Waals surface area contributed by atoms with Gasteiger partial charge in [0.05, 0.1) is 13.7 Å². The molecule has 1 amide bonds. The summed E-state index contributed by atoms with van der Waals surface area (Å²) < 4.78 is 16.5. The van der Waals surface area contributed by atoms with Crippen LogP contribution in [0.1, 0.15) is 16.1 Å². The van der Waals surface area contributed by atoms with Gasteiger partial charge in [0.1, 0.15) is 23.7 Å². The molecule has 0 bridgehead atoms. The van der Waals surface area contributed by atoms with E-state index in [0.717, 1.165) is 28.0 Å². The molecule has 25 heavy (non-hydrogen) atoms. The topological polar surface area (TPSA) is 51.9 Å². The first-order chi connectivity index (χ1) is 12.1. The van der Waals surface area contributed by atoms with Crippen LogP contribution in [0.5, 0.6) is 11.5 Å². The molecule has 5 heteroatoms. The van der Waals surface area contributed by atoms with Crippen LogP contribution in [0.25, 0.3) is 11.0 Å². The monoisotopic (exact) mass is 339 g/mol. The lowest BCUT2D eigenvalue weighted by atomic mass is 10.1. The van der Waals surface area contributed by atoms with E-state index in [0.29, 0.717) is 18.9 Å². The fraction of sp³-hybridized carbons (Fsp3) is 0.250. The van der Waals surface area contributed by atoms with Crippen molar-refractivity contribution in [1.82, 2.24) is 4.90 Å². The lowest BCUT2D eigenvalue weighted by Gasteiger charge is -2.16. The maximum absolute atomic E-state index is 12.6. The second-order valence-corrected chi connectivity index (χ2v) is 5.80. The van der Waals surface area contributed by atoms with Crippen LogP contribution in [0, 0.1) is 6.92 Å². The van der Waals surface area contributed by atoms with E-state index in [-0.39, 0.29) is 5.91 Å². The number of likely N-dealkylation sites (N-methyl/N-ethyl adjacent to an activating group) is 1. The van der Waals surface area contributed by atoms with Crippen molar-refractivity contribution in [1.29, 1.82) is 0 Å². The molecule has 5 nitrogen and oxygen atoms in total. The number of methoxy groups -OCH3 is 1. The molecule has 0 radical (unpaired) electrons. The molecule has 0 saturated carbocycles. The maximum Gasteiger partial charge on any atom is 0.289 e. The summed E-state index contributed by atoms with van der Waals surface area (Å²) in [6, 6.07) is 15.0. The number of aryl methyl sites for hydroxylation is 1. The van der Waals surface area contributed by atoms with Gasteiger partial charge in [-0.25, -0.2) is 0 Å². The Hall–Kier alpha value is -2.95. The van der Waals surface area contributed by atoms with E-state index in [2.05, 4.69) is 0 Å². The minimum Gasteiger partial charge on any atom is -0.497 e. The Morgan fingerprint density at radius 1 is 1.08 bits per heavy atom. The molecule has 0 aliphatic heterocycles. The fourth-order valence-electron chi connectivity index (χ4n) is 2.63. The van der Waals surface area contributed by atoms with Crippen molar-refractivity contribution < 1.29 is 18.7 Å². The molecule has 0 N–H and O–H groups in total. The zero-order chi connectivity index (χ0) is 17.8. The van der Waals surface area contributed by atoms with Crippen LogP contribution in [0.4, 0.5) is 0 Å². The number of carbonyl (C=O) groups excluding carboxylic acids is 1. The maximum atomic E-state index is 12.6. The fourth-order valence-corrected chi connectivity index (χ4v) is 2.63. The van der Waals surface area contributed by atoms with Gasteiger partial charge >= 0.3 is 0 Å². The predicted octanol–water partition coefficient (Wildman–Crippen LogP) is 3.90. The van der Waals surface area contributed by atoms with Gasteiger partial charge in [-0.2, -0.15) is 0 Å². The summed E-state index contributed by atoms with van der Waals surface area (Å²) in [7, 11) is 3.36. The minimum atomic E-state index is -0.146. The molecule has 0 fully saturated rings. The summed E-state index contributed by atoms with van der Waals surface area (Å²) in [6.45, 7) is 2.76. The average molecular weight is 339 g/mol. The Morgan fingerprint density at radius 2 is 1.76 bits per heavy atom. The van der Waals surface area contributed by atoms with Crippen LogP contribution in [-0.2, 0) is 0 Å². The van der Waals surface area contributed by atoms with E-state index in [4.69, 9.17) is 13.9 Å². The summed E-state index contributed by atoms with van der Waals surface area (Å²) in [6.07, 6.45) is 0. The number of ether oxygens (including phenoxy) is 2. The molecule has 0 aliphatic carbocycles. The lowest BCUT2D eigenvalue weighted by molar-refractivity contribution is 0.0744. The second-order valence-electron chi connectivity index (χ2n) is 5.80. The van der Waals surface area contributed by atoms with Crippen LogP contribution in [0.3, 0.4) is 0 Å². The van der Waals surface area contributed by atoms with Crippen molar-refractivity contribution in [3.63, 3.8) is 0 Å². The van der Waals surface area contributed by atoms with Crippen molar-refractivity contribution in [2.24, 2.45) is 0 Å². The van der Waals surface area contributed by atoms with Gasteiger partial charge in [0.15, 0.2) is 5.76 Å². The molecule has 2 aromatic carbocycles. The summed E-state index contributed by atoms with van der Waals surface area (Å²) in [5, 5.41) is 0.966. The van der Waals surface area contributed by atoms with Gasteiger partial charge in [0, 0.05) is 18.0 Å². The molecule has 1 heterocycles. The number of para-hydroxylation sites is 1. The molecular weight excluding hydrogens is 318 g/mol. The smallest absolute Gasteiger partial charge is 0.289 e. The van der Waals surface area contributed by atoms with Crippen LogP contribution >= 0.6 is 0 Å². The molecule has 130 valence electrons. The highest BCUT2D eigenvalue weighted by Gasteiger charge is 2.20. The number of benzene rings is 2. The molecule has 0 aliphatic rings. The standard InChI is InChI=1S/C20H21NO4/c1-14-17-6-4-5-7-18(17)25-19(14)20(22)21(2)12-13-24-16-10-8-15(23-3)9-11-16/h4-11H,12-13H2,1-3H3. The van der Waals surface area contributed by atoms with Crippen molar-refractivity contribution in [2.75, 3.05) is 27.3 Å². The summed E-state index contributed by atoms with van der Waals surface area (Å²) >= 11 is 0. The third-order valence-electron chi connectivity index (χ3n) is 4.14. The molecule has 0 saturated heterocycles. The minimum absolute atomic E-state index is 0.146. The van der Waals surface area contributed by atoms with Crippen LogP contribution in [0.2, 0.25) is 0 Å². The second kappa shape index (κ2) is 7.30.